The molecule has 0 bridgehead atoms. The van der Waals surface area contributed by atoms with Crippen molar-refractivity contribution in [2.45, 2.75) is 25.9 Å². The molecule has 1 aliphatic rings. The van der Waals surface area contributed by atoms with Gasteiger partial charge in [0, 0.05) is 25.4 Å². The molecule has 1 aliphatic heterocycles. The van der Waals surface area contributed by atoms with Gasteiger partial charge in [-0.1, -0.05) is 0 Å². The SMILES string of the molecule is Cc1c(-c2ccn[nH]2)sc2c(NC[C@@H]3CCCO3)cc(N)nc12. The largest absolute Gasteiger partial charge is 0.384 e. The fraction of sp³-hybridized carbons (Fsp3) is 0.375. The highest BCUT2D eigenvalue weighted by molar-refractivity contribution is 7.23. The van der Waals surface area contributed by atoms with Gasteiger partial charge in [0.25, 0.3) is 0 Å². The number of fused-ring (bicyclic) bond motifs is 1. The Kier molecular flexibility index (Phi) is 3.66. The van der Waals surface area contributed by atoms with Crippen molar-refractivity contribution < 1.29 is 4.74 Å². The lowest BCUT2D eigenvalue weighted by Gasteiger charge is -2.13. The van der Waals surface area contributed by atoms with Crippen LogP contribution in [0.1, 0.15) is 18.4 Å². The molecular formula is C16H19N5OS. The minimum absolute atomic E-state index is 0.285. The Morgan fingerprint density at radius 2 is 2.43 bits per heavy atom. The van der Waals surface area contributed by atoms with E-state index in [0.29, 0.717) is 5.82 Å². The molecule has 4 N–H and O–H groups in total. The van der Waals surface area contributed by atoms with Gasteiger partial charge in [-0.2, -0.15) is 5.10 Å². The fourth-order valence-corrected chi connectivity index (χ4v) is 4.21. The molecule has 4 heterocycles. The number of H-pyrrole nitrogens is 1. The van der Waals surface area contributed by atoms with E-state index in [0.717, 1.165) is 58.0 Å². The molecule has 0 unspecified atom stereocenters. The van der Waals surface area contributed by atoms with E-state index in [2.05, 4.69) is 27.4 Å². The van der Waals surface area contributed by atoms with E-state index < -0.39 is 0 Å². The molecule has 0 aromatic carbocycles. The van der Waals surface area contributed by atoms with Gasteiger partial charge in [-0.3, -0.25) is 5.10 Å². The normalized spacial score (nSPS) is 17.9. The number of hydrogen-bond acceptors (Lipinski definition) is 6. The highest BCUT2D eigenvalue weighted by Gasteiger charge is 2.18. The maximum Gasteiger partial charge on any atom is 0.126 e. The molecule has 1 atom stereocenters. The Hall–Kier alpha value is -2.12. The molecule has 3 aromatic rings. The van der Waals surface area contributed by atoms with Crippen molar-refractivity contribution in [1.29, 1.82) is 0 Å². The van der Waals surface area contributed by atoms with Crippen molar-refractivity contribution in [3.8, 4) is 10.6 Å². The zero-order valence-corrected chi connectivity index (χ0v) is 13.7. The first-order valence-corrected chi connectivity index (χ1v) is 8.59. The Labute approximate surface area is 138 Å². The maximum atomic E-state index is 6.01. The number of anilines is 2. The smallest absolute Gasteiger partial charge is 0.126 e. The molecule has 1 saturated heterocycles. The Bertz CT molecular complexity index is 821. The first-order valence-electron chi connectivity index (χ1n) is 7.77. The summed E-state index contributed by atoms with van der Waals surface area (Å²) in [4.78, 5) is 5.68. The molecule has 3 aromatic heterocycles. The summed E-state index contributed by atoms with van der Waals surface area (Å²) in [6.45, 7) is 3.74. The lowest BCUT2D eigenvalue weighted by atomic mass is 10.2. The zero-order valence-electron chi connectivity index (χ0n) is 12.9. The van der Waals surface area contributed by atoms with Crippen molar-refractivity contribution in [3.05, 3.63) is 23.9 Å². The van der Waals surface area contributed by atoms with Crippen LogP contribution in [0.2, 0.25) is 0 Å². The minimum atomic E-state index is 0.285. The Morgan fingerprint density at radius 3 is 3.17 bits per heavy atom. The van der Waals surface area contributed by atoms with Crippen molar-refractivity contribution in [1.82, 2.24) is 15.2 Å². The van der Waals surface area contributed by atoms with Crippen LogP contribution in [0.25, 0.3) is 20.8 Å². The molecule has 1 fully saturated rings. The number of nitrogens with one attached hydrogen (secondary N) is 2. The van der Waals surface area contributed by atoms with Crippen molar-refractivity contribution in [2.24, 2.45) is 0 Å². The van der Waals surface area contributed by atoms with Crippen molar-refractivity contribution in [2.75, 3.05) is 24.2 Å². The predicted molar refractivity (Wildman–Crippen MR) is 93.8 cm³/mol. The zero-order chi connectivity index (χ0) is 15.8. The molecule has 6 nitrogen and oxygen atoms in total. The van der Waals surface area contributed by atoms with Crippen molar-refractivity contribution >= 4 is 33.1 Å². The van der Waals surface area contributed by atoms with Crippen LogP contribution in [-0.4, -0.2) is 34.4 Å². The van der Waals surface area contributed by atoms with Gasteiger partial charge in [0.1, 0.15) is 5.82 Å². The number of nitrogens with two attached hydrogens (primary N) is 1. The minimum Gasteiger partial charge on any atom is -0.384 e. The monoisotopic (exact) mass is 329 g/mol. The van der Waals surface area contributed by atoms with Crippen molar-refractivity contribution in [3.63, 3.8) is 0 Å². The van der Waals surface area contributed by atoms with E-state index in [9.17, 15) is 0 Å². The van der Waals surface area contributed by atoms with Crippen LogP contribution in [0, 0.1) is 6.92 Å². The number of hydrogen-bond donors (Lipinski definition) is 3. The second-order valence-corrected chi connectivity index (χ2v) is 6.84. The summed E-state index contributed by atoms with van der Waals surface area (Å²) in [5.41, 5.74) is 10.1. The summed E-state index contributed by atoms with van der Waals surface area (Å²) < 4.78 is 6.81. The highest BCUT2D eigenvalue weighted by Crippen LogP contribution is 2.40. The topological polar surface area (TPSA) is 88.8 Å². The number of ether oxygens (including phenoxy) is 1. The van der Waals surface area contributed by atoms with E-state index in [1.54, 1.807) is 17.5 Å². The number of aryl methyl sites for hydroxylation is 1. The van der Waals surface area contributed by atoms with Gasteiger partial charge in [0.15, 0.2) is 0 Å². The third kappa shape index (κ3) is 2.66. The van der Waals surface area contributed by atoms with Gasteiger partial charge in [-0.05, 0) is 31.4 Å². The molecule has 0 spiro atoms. The number of nitrogen functional groups attached to an aromatic ring is 1. The van der Waals surface area contributed by atoms with Crippen LogP contribution < -0.4 is 11.1 Å². The van der Waals surface area contributed by atoms with Gasteiger partial charge < -0.3 is 15.8 Å². The average molecular weight is 329 g/mol. The van der Waals surface area contributed by atoms with Crippen LogP contribution in [0.4, 0.5) is 11.5 Å². The third-order valence-corrected chi connectivity index (χ3v) is 5.53. The molecule has 120 valence electrons. The van der Waals surface area contributed by atoms with E-state index in [1.807, 2.05) is 12.1 Å². The molecule has 4 rings (SSSR count). The van der Waals surface area contributed by atoms with Gasteiger partial charge >= 0.3 is 0 Å². The fourth-order valence-electron chi connectivity index (χ4n) is 3.00. The molecular weight excluding hydrogens is 310 g/mol. The number of aromatic amines is 1. The number of aromatic nitrogens is 3. The van der Waals surface area contributed by atoms with Crippen LogP contribution in [0.5, 0.6) is 0 Å². The molecule has 0 amide bonds. The number of pyridine rings is 1. The summed E-state index contributed by atoms with van der Waals surface area (Å²) >= 11 is 1.71. The summed E-state index contributed by atoms with van der Waals surface area (Å²) in [6, 6.07) is 3.88. The quantitative estimate of drug-likeness (QED) is 0.684. The van der Waals surface area contributed by atoms with Gasteiger partial charge in [0.05, 0.1) is 32.6 Å². The summed E-state index contributed by atoms with van der Waals surface area (Å²) in [5, 5.41) is 10.6. The van der Waals surface area contributed by atoms with Crippen LogP contribution in [0.3, 0.4) is 0 Å². The molecule has 23 heavy (non-hydrogen) atoms. The molecule has 7 heteroatoms. The number of rotatable bonds is 4. The average Bonchev–Trinajstić information content (AvgIpc) is 3.26. The molecule has 0 saturated carbocycles. The van der Waals surface area contributed by atoms with Crippen LogP contribution in [-0.2, 0) is 4.74 Å². The van der Waals surface area contributed by atoms with E-state index in [4.69, 9.17) is 10.5 Å². The third-order valence-electron chi connectivity index (χ3n) is 4.18. The summed E-state index contributed by atoms with van der Waals surface area (Å²) in [6.07, 6.45) is 4.30. The van der Waals surface area contributed by atoms with Crippen LogP contribution in [0.15, 0.2) is 18.3 Å². The highest BCUT2D eigenvalue weighted by atomic mass is 32.1. The molecule has 0 radical (unpaired) electrons. The lowest BCUT2D eigenvalue weighted by molar-refractivity contribution is 0.120. The summed E-state index contributed by atoms with van der Waals surface area (Å²) in [5.74, 6) is 0.532. The second kappa shape index (κ2) is 5.82. The molecule has 0 aliphatic carbocycles. The first-order chi connectivity index (χ1) is 11.2. The van der Waals surface area contributed by atoms with Crippen LogP contribution >= 0.6 is 11.3 Å². The van der Waals surface area contributed by atoms with E-state index >= 15 is 0 Å². The van der Waals surface area contributed by atoms with Gasteiger partial charge in [-0.25, -0.2) is 4.98 Å². The lowest BCUT2D eigenvalue weighted by Crippen LogP contribution is -2.18. The van der Waals surface area contributed by atoms with Gasteiger partial charge in [-0.15, -0.1) is 11.3 Å². The maximum absolute atomic E-state index is 6.01. The van der Waals surface area contributed by atoms with E-state index in [1.165, 1.54) is 0 Å². The second-order valence-electron chi connectivity index (χ2n) is 5.81. The Balaban J connectivity index is 1.73. The first kappa shape index (κ1) is 14.5. The Morgan fingerprint density at radius 1 is 1.52 bits per heavy atom. The van der Waals surface area contributed by atoms with E-state index in [-0.39, 0.29) is 6.10 Å². The number of thiophene rings is 1. The predicted octanol–water partition coefficient (Wildman–Crippen LogP) is 3.17. The standard InChI is InChI=1S/C16H19N5OS/c1-9-14-16(23-15(9)11-4-5-19-21-11)12(7-13(17)20-14)18-8-10-3-2-6-22-10/h4-5,7,10H,2-3,6,8H2,1H3,(H,19,21)(H3,17,18,20)/t10-/m0/s1. The summed E-state index contributed by atoms with van der Waals surface area (Å²) in [7, 11) is 0. The van der Waals surface area contributed by atoms with Gasteiger partial charge in [0.2, 0.25) is 0 Å². The number of nitrogens with zero attached hydrogens (tertiary/aromatic N) is 2.